The van der Waals surface area contributed by atoms with Gasteiger partial charge in [-0.25, -0.2) is 9.79 Å². The van der Waals surface area contributed by atoms with Gasteiger partial charge in [0.05, 0.1) is 11.3 Å². The Morgan fingerprint density at radius 2 is 1.81 bits per heavy atom. The van der Waals surface area contributed by atoms with Gasteiger partial charge >= 0.3 is 5.97 Å². The second-order valence-electron chi connectivity index (χ2n) is 5.48. The van der Waals surface area contributed by atoms with Crippen molar-refractivity contribution >= 4 is 46.1 Å². The van der Waals surface area contributed by atoms with E-state index in [0.717, 1.165) is 0 Å². The molecule has 132 valence electrons. The summed E-state index contributed by atoms with van der Waals surface area (Å²) in [6, 6.07) is 15.0. The molecule has 2 aromatic carbocycles. The number of amides is 2. The summed E-state index contributed by atoms with van der Waals surface area (Å²) in [4.78, 5) is 39.2. The minimum atomic E-state index is -1.02. The molecule has 3 rings (SSSR count). The van der Waals surface area contributed by atoms with Crippen molar-refractivity contribution in [3.63, 3.8) is 0 Å². The number of carbonyl (C=O) groups excluding carboxylic acids is 2. The Bertz CT molecular complexity index is 866. The van der Waals surface area contributed by atoms with Gasteiger partial charge in [0, 0.05) is 12.1 Å². The summed E-state index contributed by atoms with van der Waals surface area (Å²) in [5.41, 5.74) is 1.35. The fourth-order valence-corrected chi connectivity index (χ4v) is 3.28. The Labute approximate surface area is 153 Å². The van der Waals surface area contributed by atoms with Crippen LogP contribution in [0.3, 0.4) is 0 Å². The monoisotopic (exact) mass is 369 g/mol. The molecule has 1 aliphatic heterocycles. The molecule has 3 N–H and O–H groups in total. The maximum absolute atomic E-state index is 12.1. The molecule has 0 aromatic heterocycles. The van der Waals surface area contributed by atoms with Crippen LogP contribution < -0.4 is 10.6 Å². The average molecular weight is 369 g/mol. The Hall–Kier alpha value is -3.13. The SMILES string of the molecule is O=C(C[C@@H]1SC(=Nc2ccc(C(=O)O)cc2)NC1=O)Nc1ccccc1. The van der Waals surface area contributed by atoms with E-state index in [1.807, 2.05) is 18.2 Å². The van der Waals surface area contributed by atoms with Gasteiger partial charge in [0.25, 0.3) is 0 Å². The van der Waals surface area contributed by atoms with Gasteiger partial charge in [0.15, 0.2) is 5.17 Å². The van der Waals surface area contributed by atoms with Crippen molar-refractivity contribution in [2.75, 3.05) is 5.32 Å². The van der Waals surface area contributed by atoms with E-state index in [-0.39, 0.29) is 23.8 Å². The van der Waals surface area contributed by atoms with E-state index in [2.05, 4.69) is 15.6 Å². The van der Waals surface area contributed by atoms with Crippen molar-refractivity contribution in [2.24, 2.45) is 4.99 Å². The van der Waals surface area contributed by atoms with Crippen LogP contribution in [0.25, 0.3) is 0 Å². The number of hydrogen-bond donors (Lipinski definition) is 3. The number of carboxylic acids is 1. The molecule has 7 nitrogen and oxygen atoms in total. The first kappa shape index (κ1) is 17.7. The number of amidine groups is 1. The molecule has 0 unspecified atom stereocenters. The summed E-state index contributed by atoms with van der Waals surface area (Å²) in [6.45, 7) is 0. The van der Waals surface area contributed by atoms with Crippen molar-refractivity contribution in [3.05, 3.63) is 60.2 Å². The van der Waals surface area contributed by atoms with Crippen LogP contribution in [-0.2, 0) is 9.59 Å². The Balaban J connectivity index is 1.61. The van der Waals surface area contributed by atoms with Crippen LogP contribution in [0.15, 0.2) is 59.6 Å². The van der Waals surface area contributed by atoms with Crippen molar-refractivity contribution < 1.29 is 19.5 Å². The van der Waals surface area contributed by atoms with E-state index in [1.165, 1.54) is 23.9 Å². The lowest BCUT2D eigenvalue weighted by molar-refractivity contribution is -0.122. The quantitative estimate of drug-likeness (QED) is 0.751. The number of thioether (sulfide) groups is 1. The summed E-state index contributed by atoms with van der Waals surface area (Å²) < 4.78 is 0. The van der Waals surface area contributed by atoms with Crippen LogP contribution in [0.4, 0.5) is 11.4 Å². The highest BCUT2D eigenvalue weighted by Gasteiger charge is 2.32. The third kappa shape index (κ3) is 4.48. The first-order chi connectivity index (χ1) is 12.5. The number of anilines is 1. The Morgan fingerprint density at radius 1 is 1.12 bits per heavy atom. The molecule has 1 saturated heterocycles. The van der Waals surface area contributed by atoms with Gasteiger partial charge in [-0.1, -0.05) is 30.0 Å². The minimum Gasteiger partial charge on any atom is -0.478 e. The molecule has 8 heteroatoms. The van der Waals surface area contributed by atoms with Crippen LogP contribution in [0, 0.1) is 0 Å². The molecule has 2 amide bonds. The lowest BCUT2D eigenvalue weighted by atomic mass is 10.2. The van der Waals surface area contributed by atoms with Gasteiger partial charge in [-0.05, 0) is 36.4 Å². The molecule has 0 aliphatic carbocycles. The second kappa shape index (κ2) is 7.83. The molecule has 1 atom stereocenters. The van der Waals surface area contributed by atoms with Crippen molar-refractivity contribution in [3.8, 4) is 0 Å². The number of rotatable bonds is 5. The van der Waals surface area contributed by atoms with Gasteiger partial charge in [-0.15, -0.1) is 0 Å². The van der Waals surface area contributed by atoms with Gasteiger partial charge in [0.2, 0.25) is 11.8 Å². The zero-order chi connectivity index (χ0) is 18.5. The number of carbonyl (C=O) groups is 3. The number of carboxylic acid groups (broad SMARTS) is 1. The highest BCUT2D eigenvalue weighted by atomic mass is 32.2. The highest BCUT2D eigenvalue weighted by Crippen LogP contribution is 2.25. The van der Waals surface area contributed by atoms with Gasteiger partial charge in [-0.3, -0.25) is 9.59 Å². The average Bonchev–Trinajstić information content (AvgIpc) is 2.95. The van der Waals surface area contributed by atoms with E-state index in [1.54, 1.807) is 24.3 Å². The molecule has 1 heterocycles. The fraction of sp³-hybridized carbons (Fsp3) is 0.111. The largest absolute Gasteiger partial charge is 0.478 e. The summed E-state index contributed by atoms with van der Waals surface area (Å²) in [7, 11) is 0. The number of aliphatic imine (C=N–C) groups is 1. The van der Waals surface area contributed by atoms with Crippen molar-refractivity contribution in [1.82, 2.24) is 5.32 Å². The van der Waals surface area contributed by atoms with Gasteiger partial charge < -0.3 is 15.7 Å². The van der Waals surface area contributed by atoms with Gasteiger partial charge in [-0.2, -0.15) is 0 Å². The fourth-order valence-electron chi connectivity index (χ4n) is 2.29. The van der Waals surface area contributed by atoms with E-state index in [0.29, 0.717) is 16.5 Å². The minimum absolute atomic E-state index is 0.0301. The maximum atomic E-state index is 12.1. The van der Waals surface area contributed by atoms with Crippen molar-refractivity contribution in [2.45, 2.75) is 11.7 Å². The number of para-hydroxylation sites is 1. The predicted molar refractivity (Wildman–Crippen MR) is 99.7 cm³/mol. The molecule has 0 spiro atoms. The normalized spacial score (nSPS) is 17.8. The molecule has 26 heavy (non-hydrogen) atoms. The summed E-state index contributed by atoms with van der Waals surface area (Å²) in [5, 5.41) is 14.1. The topological polar surface area (TPSA) is 108 Å². The lowest BCUT2D eigenvalue weighted by Crippen LogP contribution is -2.28. The first-order valence-electron chi connectivity index (χ1n) is 7.76. The summed E-state index contributed by atoms with van der Waals surface area (Å²) in [6.07, 6.45) is 0.0301. The lowest BCUT2D eigenvalue weighted by Gasteiger charge is -2.07. The van der Waals surface area contributed by atoms with E-state index >= 15 is 0 Å². The van der Waals surface area contributed by atoms with Crippen LogP contribution in [0.1, 0.15) is 16.8 Å². The number of hydrogen-bond acceptors (Lipinski definition) is 5. The maximum Gasteiger partial charge on any atom is 0.335 e. The zero-order valence-corrected chi connectivity index (χ0v) is 14.3. The van der Waals surface area contributed by atoms with Crippen LogP contribution in [0.5, 0.6) is 0 Å². The summed E-state index contributed by atoms with van der Waals surface area (Å²) >= 11 is 1.18. The second-order valence-corrected chi connectivity index (χ2v) is 6.67. The number of nitrogens with one attached hydrogen (secondary N) is 2. The molecule has 1 fully saturated rings. The van der Waals surface area contributed by atoms with E-state index in [9.17, 15) is 14.4 Å². The number of nitrogens with zero attached hydrogens (tertiary/aromatic N) is 1. The van der Waals surface area contributed by atoms with Crippen LogP contribution in [-0.4, -0.2) is 33.3 Å². The Morgan fingerprint density at radius 3 is 2.46 bits per heavy atom. The van der Waals surface area contributed by atoms with Gasteiger partial charge in [0.1, 0.15) is 5.25 Å². The predicted octanol–water partition coefficient (Wildman–Crippen LogP) is 2.63. The van der Waals surface area contributed by atoms with Crippen LogP contribution >= 0.6 is 11.8 Å². The molecular weight excluding hydrogens is 354 g/mol. The van der Waals surface area contributed by atoms with E-state index < -0.39 is 11.2 Å². The number of benzene rings is 2. The third-order valence-electron chi connectivity index (χ3n) is 3.55. The Kier molecular flexibility index (Phi) is 5.33. The third-order valence-corrected chi connectivity index (χ3v) is 4.63. The number of aromatic carboxylic acids is 1. The molecular formula is C18H15N3O4S. The van der Waals surface area contributed by atoms with E-state index in [4.69, 9.17) is 5.11 Å². The smallest absolute Gasteiger partial charge is 0.335 e. The molecule has 1 aliphatic rings. The van der Waals surface area contributed by atoms with Crippen molar-refractivity contribution in [1.29, 1.82) is 0 Å². The zero-order valence-electron chi connectivity index (χ0n) is 13.5. The molecule has 0 bridgehead atoms. The molecule has 2 aromatic rings. The molecule has 0 saturated carbocycles. The highest BCUT2D eigenvalue weighted by molar-refractivity contribution is 8.15. The van der Waals surface area contributed by atoms with Crippen LogP contribution in [0.2, 0.25) is 0 Å². The molecule has 0 radical (unpaired) electrons. The standard InChI is InChI=1S/C18H15N3O4S/c22-15(19-12-4-2-1-3-5-12)10-14-16(23)21-18(26-14)20-13-8-6-11(7-9-13)17(24)25/h1-9,14H,10H2,(H,19,22)(H,24,25)(H,20,21,23)/t14-/m0/s1. The summed E-state index contributed by atoms with van der Waals surface area (Å²) in [5.74, 6) is -1.55. The first-order valence-corrected chi connectivity index (χ1v) is 8.64.